The van der Waals surface area contributed by atoms with Crippen molar-refractivity contribution in [3.63, 3.8) is 0 Å². The molecule has 2 rings (SSSR count). The number of benzene rings is 1. The zero-order valence-corrected chi connectivity index (χ0v) is 19.8. The van der Waals surface area contributed by atoms with Crippen LogP contribution in [0.3, 0.4) is 0 Å². The van der Waals surface area contributed by atoms with Crippen LogP contribution in [0.5, 0.6) is 11.5 Å². The smallest absolute Gasteiger partial charge is 0.343 e. The Morgan fingerprint density at radius 2 is 1.68 bits per heavy atom. The van der Waals surface area contributed by atoms with E-state index in [1.54, 1.807) is 25.1 Å². The second-order valence-electron chi connectivity index (χ2n) is 7.70. The fourth-order valence-electron chi connectivity index (χ4n) is 2.99. The summed E-state index contributed by atoms with van der Waals surface area (Å²) in [6.45, 7) is 2.76. The normalized spacial score (nSPS) is 20.7. The number of hydrogen-bond acceptors (Lipinski definition) is 9. The molecule has 1 aromatic rings. The summed E-state index contributed by atoms with van der Waals surface area (Å²) in [6.07, 6.45) is 7.82. The fourth-order valence-corrected chi connectivity index (χ4v) is 2.99. The third-order valence-electron chi connectivity index (χ3n) is 5.18. The van der Waals surface area contributed by atoms with Crippen LogP contribution in [0.4, 0.5) is 0 Å². The van der Waals surface area contributed by atoms with Crippen LogP contribution in [-0.4, -0.2) is 57.2 Å². The summed E-state index contributed by atoms with van der Waals surface area (Å²) < 4.78 is 25.9. The summed E-state index contributed by atoms with van der Waals surface area (Å²) in [5, 5.41) is 0. The zero-order valence-electron chi connectivity index (χ0n) is 19.8. The number of ether oxygens (including phenoxy) is 5. The number of fused-ring (bicyclic) bond motifs is 1. The molecule has 9 nitrogen and oxygen atoms in total. The predicted octanol–water partition coefficient (Wildman–Crippen LogP) is 3.29. The van der Waals surface area contributed by atoms with Crippen molar-refractivity contribution in [2.24, 2.45) is 5.92 Å². The number of carbonyl (C=O) groups is 4. The van der Waals surface area contributed by atoms with E-state index in [0.717, 1.165) is 0 Å². The third-order valence-corrected chi connectivity index (χ3v) is 5.18. The number of hydrogen-bond donors (Lipinski definition) is 0. The number of ketones is 1. The maximum Gasteiger partial charge on any atom is 0.343 e. The van der Waals surface area contributed by atoms with E-state index in [9.17, 15) is 19.2 Å². The molecule has 0 spiro atoms. The molecule has 0 radical (unpaired) electrons. The minimum atomic E-state index is -0.671. The third kappa shape index (κ3) is 8.06. The van der Waals surface area contributed by atoms with Crippen LogP contribution >= 0.6 is 0 Å². The first-order valence-corrected chi connectivity index (χ1v) is 10.9. The average molecular weight is 475 g/mol. The second kappa shape index (κ2) is 13.2. The predicted molar refractivity (Wildman–Crippen MR) is 123 cm³/mol. The molecular weight excluding hydrogens is 444 g/mol. The molecular formula is C25H30O9. The molecule has 0 saturated carbocycles. The van der Waals surface area contributed by atoms with Gasteiger partial charge < -0.3 is 23.7 Å². The molecule has 0 bridgehead atoms. The van der Waals surface area contributed by atoms with Gasteiger partial charge in [0.15, 0.2) is 19.0 Å². The van der Waals surface area contributed by atoms with E-state index in [1.807, 2.05) is 13.0 Å². The number of rotatable bonds is 6. The van der Waals surface area contributed by atoms with Crippen molar-refractivity contribution in [2.75, 3.05) is 27.4 Å². The van der Waals surface area contributed by atoms with Gasteiger partial charge in [-0.1, -0.05) is 25.2 Å². The topological polar surface area (TPSA) is 114 Å². The first kappa shape index (κ1) is 26.6. The van der Waals surface area contributed by atoms with Crippen molar-refractivity contribution in [3.8, 4) is 11.5 Å². The molecule has 0 aromatic heterocycles. The van der Waals surface area contributed by atoms with Crippen molar-refractivity contribution in [1.82, 2.24) is 0 Å². The van der Waals surface area contributed by atoms with Gasteiger partial charge in [-0.3, -0.25) is 4.79 Å². The Kier molecular flexibility index (Phi) is 10.3. The highest BCUT2D eigenvalue weighted by atomic mass is 16.6. The van der Waals surface area contributed by atoms with E-state index >= 15 is 0 Å². The minimum absolute atomic E-state index is 0.00762. The van der Waals surface area contributed by atoms with Crippen molar-refractivity contribution < 1.29 is 42.9 Å². The molecule has 0 saturated heterocycles. The van der Waals surface area contributed by atoms with Gasteiger partial charge in [0, 0.05) is 18.4 Å². The fraction of sp³-hybridized carbons (Fsp3) is 0.440. The average Bonchev–Trinajstić information content (AvgIpc) is 2.82. The van der Waals surface area contributed by atoms with E-state index < -0.39 is 30.6 Å². The molecule has 1 aliphatic rings. The van der Waals surface area contributed by atoms with Gasteiger partial charge in [0.2, 0.25) is 0 Å². The summed E-state index contributed by atoms with van der Waals surface area (Å²) >= 11 is 0. The molecule has 0 amide bonds. The molecule has 1 aromatic carbocycles. The maximum atomic E-state index is 13.2. The highest BCUT2D eigenvalue weighted by Gasteiger charge is 2.24. The largest absolute Gasteiger partial charge is 0.482 e. The van der Waals surface area contributed by atoms with Crippen LogP contribution < -0.4 is 9.47 Å². The van der Waals surface area contributed by atoms with Crippen LogP contribution in [0.15, 0.2) is 30.4 Å². The van der Waals surface area contributed by atoms with Gasteiger partial charge in [0.1, 0.15) is 23.2 Å². The Balaban J connectivity index is 2.51. The molecule has 1 aliphatic heterocycles. The summed E-state index contributed by atoms with van der Waals surface area (Å²) in [4.78, 5) is 48.4. The van der Waals surface area contributed by atoms with Crippen molar-refractivity contribution in [1.29, 1.82) is 0 Å². The molecule has 184 valence electrons. The van der Waals surface area contributed by atoms with Crippen molar-refractivity contribution >= 4 is 29.8 Å². The summed E-state index contributed by atoms with van der Waals surface area (Å²) in [7, 11) is 2.46. The first-order valence-electron chi connectivity index (χ1n) is 10.9. The van der Waals surface area contributed by atoms with Gasteiger partial charge in [-0.15, -0.1) is 0 Å². The summed E-state index contributed by atoms with van der Waals surface area (Å²) in [6, 6.07) is 2.96. The van der Waals surface area contributed by atoms with E-state index in [1.165, 1.54) is 26.4 Å². The molecule has 0 N–H and O–H groups in total. The van der Waals surface area contributed by atoms with Gasteiger partial charge in [-0.25, -0.2) is 14.4 Å². The number of allylic oxidation sites excluding steroid dienone is 2. The van der Waals surface area contributed by atoms with Gasteiger partial charge >= 0.3 is 17.9 Å². The van der Waals surface area contributed by atoms with Crippen LogP contribution in [0.2, 0.25) is 0 Å². The quantitative estimate of drug-likeness (QED) is 0.452. The van der Waals surface area contributed by atoms with E-state index in [4.69, 9.17) is 14.2 Å². The second-order valence-corrected chi connectivity index (χ2v) is 7.70. The van der Waals surface area contributed by atoms with Crippen molar-refractivity contribution in [2.45, 2.75) is 39.2 Å². The molecule has 9 heteroatoms. The van der Waals surface area contributed by atoms with Crippen molar-refractivity contribution in [3.05, 3.63) is 41.5 Å². The van der Waals surface area contributed by atoms with Gasteiger partial charge in [0.25, 0.3) is 0 Å². The highest BCUT2D eigenvalue weighted by molar-refractivity contribution is 5.97. The Morgan fingerprint density at radius 1 is 1.00 bits per heavy atom. The lowest BCUT2D eigenvalue weighted by Gasteiger charge is -2.20. The lowest BCUT2D eigenvalue weighted by Crippen LogP contribution is -2.23. The molecule has 34 heavy (non-hydrogen) atoms. The monoisotopic (exact) mass is 474 g/mol. The van der Waals surface area contributed by atoms with E-state index in [0.29, 0.717) is 24.8 Å². The Morgan fingerprint density at radius 3 is 2.35 bits per heavy atom. The summed E-state index contributed by atoms with van der Waals surface area (Å²) in [5.74, 6) is -1.85. The van der Waals surface area contributed by atoms with Crippen LogP contribution in [0.25, 0.3) is 6.08 Å². The van der Waals surface area contributed by atoms with Crippen LogP contribution in [-0.2, 0) is 28.6 Å². The molecule has 0 fully saturated rings. The lowest BCUT2D eigenvalue weighted by atomic mass is 10.0. The Bertz CT molecular complexity index is 961. The number of esters is 3. The van der Waals surface area contributed by atoms with Gasteiger partial charge in [-0.2, -0.15) is 0 Å². The zero-order chi connectivity index (χ0) is 25.1. The Labute approximate surface area is 198 Å². The van der Waals surface area contributed by atoms with E-state index in [2.05, 4.69) is 9.47 Å². The molecule has 0 unspecified atom stereocenters. The maximum absolute atomic E-state index is 13.2. The molecule has 0 aliphatic carbocycles. The SMILES string of the molecule is COC(=O)COc1cc2c(c(OCC(=O)OC)c1)C(=O)O[C@@H](C)[C@H](C)/C=C\C(=O)CCC/C=C/2. The lowest BCUT2D eigenvalue weighted by molar-refractivity contribution is -0.143. The standard InChI is InChI=1S/C25H30O9/c1-16-10-11-19(26)9-7-5-6-8-18-12-20(32-14-22(27)30-3)13-21(33-15-23(28)31-4)24(18)25(29)34-17(16)2/h6,8,10-13,16-17H,5,7,9,14-15H2,1-4H3/b8-6+,11-10-/t16-,17+/m1/s1. The molecule has 1 heterocycles. The van der Waals surface area contributed by atoms with Crippen LogP contribution in [0, 0.1) is 5.92 Å². The number of methoxy groups -OCH3 is 2. The summed E-state index contributed by atoms with van der Waals surface area (Å²) in [5.41, 5.74) is 0.507. The van der Waals surface area contributed by atoms with Crippen LogP contribution in [0.1, 0.15) is 49.0 Å². The molecule has 2 atom stereocenters. The minimum Gasteiger partial charge on any atom is -0.482 e. The number of carbonyl (C=O) groups excluding carboxylic acids is 4. The highest BCUT2D eigenvalue weighted by Crippen LogP contribution is 2.32. The number of cyclic esters (lactones) is 1. The van der Waals surface area contributed by atoms with E-state index in [-0.39, 0.29) is 35.4 Å². The van der Waals surface area contributed by atoms with Gasteiger partial charge in [0.05, 0.1) is 14.2 Å². The first-order chi connectivity index (χ1) is 16.2. The van der Waals surface area contributed by atoms with Gasteiger partial charge in [-0.05, 0) is 37.5 Å². The Hall–Kier alpha value is -3.62.